The van der Waals surface area contributed by atoms with E-state index < -0.39 is 6.10 Å². The molecule has 0 aromatic carbocycles. The summed E-state index contributed by atoms with van der Waals surface area (Å²) in [6, 6.07) is 0. The van der Waals surface area contributed by atoms with Crippen molar-refractivity contribution < 1.29 is 14.4 Å². The van der Waals surface area contributed by atoms with Gasteiger partial charge < -0.3 is 14.4 Å². The predicted molar refractivity (Wildman–Crippen MR) is 58.9 cm³/mol. The van der Waals surface area contributed by atoms with Crippen LogP contribution in [0.3, 0.4) is 0 Å². The third kappa shape index (κ3) is 3.28. The molecule has 0 aliphatic heterocycles. The Morgan fingerprint density at radius 3 is 2.62 bits per heavy atom. The molecule has 5 nitrogen and oxygen atoms in total. The van der Waals surface area contributed by atoms with Gasteiger partial charge in [-0.15, -0.1) is 0 Å². The Kier molecular flexibility index (Phi) is 4.89. The molecule has 0 aliphatic rings. The van der Waals surface area contributed by atoms with Crippen LogP contribution in [-0.4, -0.2) is 28.5 Å². The number of hydrogen-bond donors (Lipinski definition) is 1. The maximum absolute atomic E-state index is 9.68. The second kappa shape index (κ2) is 5.96. The van der Waals surface area contributed by atoms with Gasteiger partial charge in [0.1, 0.15) is 6.10 Å². The lowest BCUT2D eigenvalue weighted by Crippen LogP contribution is -2.17. The smallest absolute Gasteiger partial charge is 0.229 e. The molecule has 1 rings (SSSR count). The number of methoxy groups -OCH3 is 1. The van der Waals surface area contributed by atoms with Crippen LogP contribution >= 0.6 is 0 Å². The van der Waals surface area contributed by atoms with Gasteiger partial charge in [-0.2, -0.15) is 4.98 Å². The highest BCUT2D eigenvalue weighted by Gasteiger charge is 2.18. The van der Waals surface area contributed by atoms with E-state index >= 15 is 0 Å². The molecular formula is C11H20N2O3. The van der Waals surface area contributed by atoms with Gasteiger partial charge in [-0.25, -0.2) is 0 Å². The van der Waals surface area contributed by atoms with Crippen molar-refractivity contribution in [2.75, 3.05) is 7.11 Å². The van der Waals surface area contributed by atoms with E-state index in [-0.39, 0.29) is 12.0 Å². The summed E-state index contributed by atoms with van der Waals surface area (Å²) >= 11 is 0. The fraction of sp³-hybridized carbons (Fsp3) is 0.818. The van der Waals surface area contributed by atoms with Crippen molar-refractivity contribution in [1.82, 2.24) is 10.1 Å². The minimum Gasteiger partial charge on any atom is -0.392 e. The van der Waals surface area contributed by atoms with Gasteiger partial charge in [0.05, 0.1) is 12.5 Å². The van der Waals surface area contributed by atoms with Crippen molar-refractivity contribution in [1.29, 1.82) is 0 Å². The van der Waals surface area contributed by atoms with Gasteiger partial charge in [-0.3, -0.25) is 0 Å². The molecule has 0 radical (unpaired) electrons. The monoisotopic (exact) mass is 228 g/mol. The maximum atomic E-state index is 9.68. The Labute approximate surface area is 95.8 Å². The molecule has 1 aromatic heterocycles. The van der Waals surface area contributed by atoms with Crippen LogP contribution in [0.1, 0.15) is 45.0 Å². The lowest BCUT2D eigenvalue weighted by Gasteiger charge is -2.10. The summed E-state index contributed by atoms with van der Waals surface area (Å²) in [7, 11) is 1.62. The molecular weight excluding hydrogens is 208 g/mol. The summed E-state index contributed by atoms with van der Waals surface area (Å²) in [5, 5.41) is 13.5. The van der Waals surface area contributed by atoms with E-state index in [4.69, 9.17) is 9.26 Å². The molecule has 92 valence electrons. The van der Waals surface area contributed by atoms with Crippen LogP contribution in [0.15, 0.2) is 4.52 Å². The molecule has 1 N–H and O–H groups in total. The van der Waals surface area contributed by atoms with Crippen molar-refractivity contribution in [3.8, 4) is 0 Å². The molecule has 0 aliphatic carbocycles. The Hall–Kier alpha value is -0.940. The van der Waals surface area contributed by atoms with E-state index in [1.807, 2.05) is 20.8 Å². The third-order valence-corrected chi connectivity index (χ3v) is 2.58. The van der Waals surface area contributed by atoms with Crippen LogP contribution in [0.4, 0.5) is 0 Å². The van der Waals surface area contributed by atoms with Crippen LogP contribution in [0.5, 0.6) is 0 Å². The van der Waals surface area contributed by atoms with Gasteiger partial charge in [0, 0.05) is 7.11 Å². The Morgan fingerprint density at radius 1 is 1.44 bits per heavy atom. The number of aliphatic hydroxyl groups is 1. The minimum absolute atomic E-state index is 0.131. The van der Waals surface area contributed by atoms with Gasteiger partial charge in [0.2, 0.25) is 11.7 Å². The van der Waals surface area contributed by atoms with E-state index in [2.05, 4.69) is 10.1 Å². The van der Waals surface area contributed by atoms with E-state index in [1.165, 1.54) is 0 Å². The van der Waals surface area contributed by atoms with E-state index in [9.17, 15) is 5.11 Å². The second-order valence-corrected chi connectivity index (χ2v) is 4.19. The lowest BCUT2D eigenvalue weighted by molar-refractivity contribution is 0.0903. The second-order valence-electron chi connectivity index (χ2n) is 4.19. The zero-order chi connectivity index (χ0) is 12.1. The molecule has 1 heterocycles. The highest BCUT2D eigenvalue weighted by molar-refractivity contribution is 4.92. The van der Waals surface area contributed by atoms with Crippen LogP contribution < -0.4 is 0 Å². The SMILES string of the molecule is CCC(OC)c1noc(CC(O)C(C)C)n1. The Balaban J connectivity index is 2.64. The van der Waals surface area contributed by atoms with Gasteiger partial charge in [0.25, 0.3) is 0 Å². The zero-order valence-corrected chi connectivity index (χ0v) is 10.3. The highest BCUT2D eigenvalue weighted by atomic mass is 16.5. The summed E-state index contributed by atoms with van der Waals surface area (Å²) in [5.74, 6) is 1.20. The average molecular weight is 228 g/mol. The molecule has 16 heavy (non-hydrogen) atoms. The van der Waals surface area contributed by atoms with Crippen molar-refractivity contribution in [3.05, 3.63) is 11.7 Å². The van der Waals surface area contributed by atoms with Crippen LogP contribution in [-0.2, 0) is 11.2 Å². The van der Waals surface area contributed by atoms with Crippen molar-refractivity contribution in [2.45, 2.75) is 45.8 Å². The van der Waals surface area contributed by atoms with Gasteiger partial charge >= 0.3 is 0 Å². The molecule has 0 spiro atoms. The number of hydrogen-bond acceptors (Lipinski definition) is 5. The molecule has 2 unspecified atom stereocenters. The first-order chi connectivity index (χ1) is 7.58. The molecule has 0 saturated carbocycles. The highest BCUT2D eigenvalue weighted by Crippen LogP contribution is 2.17. The first-order valence-electron chi connectivity index (χ1n) is 5.61. The lowest BCUT2D eigenvalue weighted by atomic mass is 10.0. The van der Waals surface area contributed by atoms with Gasteiger partial charge in [-0.05, 0) is 12.3 Å². The van der Waals surface area contributed by atoms with Crippen LogP contribution in [0.25, 0.3) is 0 Å². The fourth-order valence-electron chi connectivity index (χ4n) is 1.35. The Morgan fingerprint density at radius 2 is 2.12 bits per heavy atom. The molecule has 0 amide bonds. The van der Waals surface area contributed by atoms with Crippen molar-refractivity contribution in [2.24, 2.45) is 5.92 Å². The average Bonchev–Trinajstić information content (AvgIpc) is 2.68. The van der Waals surface area contributed by atoms with E-state index in [0.717, 1.165) is 6.42 Å². The molecule has 0 bridgehead atoms. The summed E-state index contributed by atoms with van der Waals surface area (Å²) in [5.41, 5.74) is 0. The van der Waals surface area contributed by atoms with Crippen molar-refractivity contribution >= 4 is 0 Å². The minimum atomic E-state index is -0.448. The molecule has 0 saturated heterocycles. The topological polar surface area (TPSA) is 68.4 Å². The van der Waals surface area contributed by atoms with Crippen LogP contribution in [0, 0.1) is 5.92 Å². The normalized spacial score (nSPS) is 15.4. The number of aromatic nitrogens is 2. The quantitative estimate of drug-likeness (QED) is 0.803. The maximum Gasteiger partial charge on any atom is 0.229 e. The van der Waals surface area contributed by atoms with Crippen molar-refractivity contribution in [3.63, 3.8) is 0 Å². The summed E-state index contributed by atoms with van der Waals surface area (Å²) in [6.07, 6.45) is 0.608. The summed E-state index contributed by atoms with van der Waals surface area (Å²) in [6.45, 7) is 5.89. The Bertz CT molecular complexity index is 308. The van der Waals surface area contributed by atoms with Gasteiger partial charge in [-0.1, -0.05) is 25.9 Å². The molecule has 1 aromatic rings. The fourth-order valence-corrected chi connectivity index (χ4v) is 1.35. The summed E-state index contributed by atoms with van der Waals surface area (Å²) in [4.78, 5) is 4.21. The third-order valence-electron chi connectivity index (χ3n) is 2.58. The van der Waals surface area contributed by atoms with Crippen LogP contribution in [0.2, 0.25) is 0 Å². The number of rotatable bonds is 6. The number of ether oxygens (including phenoxy) is 1. The van der Waals surface area contributed by atoms with E-state index in [0.29, 0.717) is 18.1 Å². The molecule has 2 atom stereocenters. The molecule has 5 heteroatoms. The predicted octanol–water partition coefficient (Wildman–Crippen LogP) is 1.73. The number of nitrogens with zero attached hydrogens (tertiary/aromatic N) is 2. The first-order valence-corrected chi connectivity index (χ1v) is 5.61. The van der Waals surface area contributed by atoms with Gasteiger partial charge in [0.15, 0.2) is 0 Å². The standard InChI is InChI=1S/C11H20N2O3/c1-5-9(15-4)11-12-10(16-13-11)6-8(14)7(2)3/h7-9,14H,5-6H2,1-4H3. The van der Waals surface area contributed by atoms with E-state index in [1.54, 1.807) is 7.11 Å². The molecule has 0 fully saturated rings. The first kappa shape index (κ1) is 13.1. The summed E-state index contributed by atoms with van der Waals surface area (Å²) < 4.78 is 10.3. The largest absolute Gasteiger partial charge is 0.392 e. The number of aliphatic hydroxyl groups excluding tert-OH is 1. The zero-order valence-electron chi connectivity index (χ0n) is 10.3.